The highest BCUT2D eigenvalue weighted by Crippen LogP contribution is 2.35. The first kappa shape index (κ1) is 16.0. The number of methoxy groups -OCH3 is 1. The van der Waals surface area contributed by atoms with E-state index in [1.807, 2.05) is 0 Å². The first-order chi connectivity index (χ1) is 7.08. The van der Waals surface area contributed by atoms with Gasteiger partial charge in [0.25, 0.3) is 0 Å². The number of rotatable bonds is 5. The molecule has 1 fully saturated rings. The summed E-state index contributed by atoms with van der Waals surface area (Å²) in [6.07, 6.45) is 3.44. The third kappa shape index (κ3) is 4.86. The molecule has 0 aromatic carbocycles. The van der Waals surface area contributed by atoms with E-state index in [9.17, 15) is 0 Å². The Hall–Kier alpha value is -0.0400. The second-order valence-electron chi connectivity index (χ2n) is 4.72. The van der Waals surface area contributed by atoms with Crippen molar-refractivity contribution in [3.05, 3.63) is 0 Å². The molecule has 0 bridgehead atoms. The molecular formula is C11H24IN3O. The molecular weight excluding hydrogens is 317 g/mol. The lowest BCUT2D eigenvalue weighted by atomic mass is 9.80. The maximum atomic E-state index is 5.75. The van der Waals surface area contributed by atoms with Gasteiger partial charge in [0.2, 0.25) is 0 Å². The molecule has 5 heteroatoms. The fourth-order valence-corrected chi connectivity index (χ4v) is 1.59. The van der Waals surface area contributed by atoms with Crippen LogP contribution in [0, 0.1) is 5.92 Å². The Balaban J connectivity index is 0.00000225. The second-order valence-corrected chi connectivity index (χ2v) is 4.72. The maximum absolute atomic E-state index is 5.75. The Kier molecular flexibility index (Phi) is 7.30. The summed E-state index contributed by atoms with van der Waals surface area (Å²) in [4.78, 5) is 4.32. The van der Waals surface area contributed by atoms with Crippen LogP contribution in [0.5, 0.6) is 0 Å². The molecule has 0 atom stereocenters. The van der Waals surface area contributed by atoms with Crippen LogP contribution >= 0.6 is 24.0 Å². The smallest absolute Gasteiger partial charge is 0.188 e. The summed E-state index contributed by atoms with van der Waals surface area (Å²) in [6, 6.07) is 0. The molecule has 1 saturated carbocycles. The van der Waals surface area contributed by atoms with Crippen molar-refractivity contribution in [3.63, 3.8) is 0 Å². The average Bonchev–Trinajstić information content (AvgIpc) is 2.14. The van der Waals surface area contributed by atoms with Crippen molar-refractivity contribution in [3.8, 4) is 0 Å². The van der Waals surface area contributed by atoms with E-state index in [4.69, 9.17) is 10.5 Å². The lowest BCUT2D eigenvalue weighted by molar-refractivity contribution is -0.0630. The molecule has 0 saturated heterocycles. The summed E-state index contributed by atoms with van der Waals surface area (Å²) >= 11 is 0. The normalized spacial score (nSPS) is 18.9. The summed E-state index contributed by atoms with van der Waals surface area (Å²) in [5.74, 6) is 1.12. The number of nitrogens with two attached hydrogens (primary N) is 1. The number of hydrogen-bond acceptors (Lipinski definition) is 2. The predicted octanol–water partition coefficient (Wildman–Crippen LogP) is 1.73. The minimum absolute atomic E-state index is 0. The standard InChI is InChI=1S/C11H23N3O.HI/c1-9(2)7-13-10(12)14-8-11(15-3)5-4-6-11;/h9H,4-8H2,1-3H3,(H3,12,13,14);1H. The summed E-state index contributed by atoms with van der Waals surface area (Å²) in [5, 5.41) is 3.10. The molecule has 0 radical (unpaired) electrons. The van der Waals surface area contributed by atoms with Crippen LogP contribution in [0.3, 0.4) is 0 Å². The van der Waals surface area contributed by atoms with Gasteiger partial charge in [-0.15, -0.1) is 24.0 Å². The van der Waals surface area contributed by atoms with Gasteiger partial charge < -0.3 is 15.8 Å². The van der Waals surface area contributed by atoms with Gasteiger partial charge in [-0.2, -0.15) is 0 Å². The summed E-state index contributed by atoms with van der Waals surface area (Å²) < 4.78 is 5.46. The van der Waals surface area contributed by atoms with Crippen molar-refractivity contribution in [1.82, 2.24) is 5.32 Å². The topological polar surface area (TPSA) is 59.6 Å². The van der Waals surface area contributed by atoms with Crippen LogP contribution in [-0.4, -0.2) is 31.8 Å². The maximum Gasteiger partial charge on any atom is 0.188 e. The number of halogens is 1. The van der Waals surface area contributed by atoms with E-state index in [1.165, 1.54) is 6.42 Å². The van der Waals surface area contributed by atoms with Crippen LogP contribution in [0.25, 0.3) is 0 Å². The molecule has 0 aromatic rings. The lowest BCUT2D eigenvalue weighted by Crippen LogP contribution is -2.44. The summed E-state index contributed by atoms with van der Waals surface area (Å²) in [7, 11) is 1.76. The van der Waals surface area contributed by atoms with E-state index in [2.05, 4.69) is 24.2 Å². The van der Waals surface area contributed by atoms with Gasteiger partial charge in [-0.25, -0.2) is 0 Å². The molecule has 4 nitrogen and oxygen atoms in total. The largest absolute Gasteiger partial charge is 0.376 e. The van der Waals surface area contributed by atoms with E-state index in [-0.39, 0.29) is 29.6 Å². The average molecular weight is 341 g/mol. The summed E-state index contributed by atoms with van der Waals surface area (Å²) in [6.45, 7) is 5.83. The Morgan fingerprint density at radius 3 is 2.50 bits per heavy atom. The SMILES string of the molecule is COC1(CN=C(N)NCC(C)C)CCC1.I. The zero-order valence-corrected chi connectivity index (χ0v) is 12.8. The highest BCUT2D eigenvalue weighted by molar-refractivity contribution is 14.0. The Bertz CT molecular complexity index is 222. The fourth-order valence-electron chi connectivity index (χ4n) is 1.59. The second kappa shape index (κ2) is 7.32. The quantitative estimate of drug-likeness (QED) is 0.455. The van der Waals surface area contributed by atoms with E-state index in [1.54, 1.807) is 7.11 Å². The molecule has 0 unspecified atom stereocenters. The molecule has 0 aliphatic heterocycles. The van der Waals surface area contributed by atoms with Crippen molar-refractivity contribution in [2.24, 2.45) is 16.6 Å². The first-order valence-electron chi connectivity index (χ1n) is 5.67. The van der Waals surface area contributed by atoms with Crippen molar-refractivity contribution in [1.29, 1.82) is 0 Å². The van der Waals surface area contributed by atoms with Crippen LogP contribution in [0.1, 0.15) is 33.1 Å². The van der Waals surface area contributed by atoms with Crippen LogP contribution in [0.2, 0.25) is 0 Å². The van der Waals surface area contributed by atoms with Crippen molar-refractivity contribution < 1.29 is 4.74 Å². The molecule has 1 aliphatic carbocycles. The molecule has 0 heterocycles. The van der Waals surface area contributed by atoms with Gasteiger partial charge in [-0.1, -0.05) is 13.8 Å². The molecule has 3 N–H and O–H groups in total. The molecule has 1 aliphatic rings. The molecule has 0 amide bonds. The van der Waals surface area contributed by atoms with Crippen molar-refractivity contribution in [2.75, 3.05) is 20.2 Å². The van der Waals surface area contributed by atoms with Gasteiger partial charge in [0.15, 0.2) is 5.96 Å². The van der Waals surface area contributed by atoms with Gasteiger partial charge in [0.1, 0.15) is 0 Å². The monoisotopic (exact) mass is 341 g/mol. The Morgan fingerprint density at radius 1 is 1.50 bits per heavy atom. The Labute approximate surface area is 115 Å². The highest BCUT2D eigenvalue weighted by atomic mass is 127. The molecule has 96 valence electrons. The molecule has 1 rings (SSSR count). The molecule has 0 spiro atoms. The third-order valence-electron chi connectivity index (χ3n) is 2.93. The van der Waals surface area contributed by atoms with Gasteiger partial charge in [0.05, 0.1) is 12.1 Å². The van der Waals surface area contributed by atoms with Gasteiger partial charge in [0, 0.05) is 13.7 Å². The number of aliphatic imine (C=N–C) groups is 1. The van der Waals surface area contributed by atoms with Crippen LogP contribution in [0.15, 0.2) is 4.99 Å². The first-order valence-corrected chi connectivity index (χ1v) is 5.67. The molecule has 0 aromatic heterocycles. The predicted molar refractivity (Wildman–Crippen MR) is 78.3 cm³/mol. The van der Waals surface area contributed by atoms with Gasteiger partial charge in [-0.3, -0.25) is 4.99 Å². The highest BCUT2D eigenvalue weighted by Gasteiger charge is 2.36. The number of hydrogen-bond donors (Lipinski definition) is 2. The van der Waals surface area contributed by atoms with E-state index in [0.717, 1.165) is 19.4 Å². The lowest BCUT2D eigenvalue weighted by Gasteiger charge is -2.39. The van der Waals surface area contributed by atoms with Crippen molar-refractivity contribution >= 4 is 29.9 Å². The number of guanidine groups is 1. The molecule has 16 heavy (non-hydrogen) atoms. The minimum Gasteiger partial charge on any atom is -0.376 e. The number of nitrogens with zero attached hydrogens (tertiary/aromatic N) is 1. The fraction of sp³-hybridized carbons (Fsp3) is 0.909. The van der Waals surface area contributed by atoms with Crippen LogP contribution in [-0.2, 0) is 4.74 Å². The van der Waals surface area contributed by atoms with Gasteiger partial charge in [-0.05, 0) is 25.2 Å². The zero-order valence-electron chi connectivity index (χ0n) is 10.5. The van der Waals surface area contributed by atoms with Crippen LogP contribution in [0.4, 0.5) is 0 Å². The van der Waals surface area contributed by atoms with Crippen LogP contribution < -0.4 is 11.1 Å². The number of nitrogens with one attached hydrogen (secondary N) is 1. The summed E-state index contributed by atoms with van der Waals surface area (Å²) in [5.41, 5.74) is 5.72. The van der Waals surface area contributed by atoms with Crippen molar-refractivity contribution in [2.45, 2.75) is 38.7 Å². The Morgan fingerprint density at radius 2 is 2.12 bits per heavy atom. The van der Waals surface area contributed by atoms with E-state index >= 15 is 0 Å². The third-order valence-corrected chi connectivity index (χ3v) is 2.93. The zero-order chi connectivity index (χ0) is 11.3. The van der Waals surface area contributed by atoms with E-state index in [0.29, 0.717) is 18.4 Å². The van der Waals surface area contributed by atoms with Gasteiger partial charge >= 0.3 is 0 Å². The van der Waals surface area contributed by atoms with E-state index < -0.39 is 0 Å². The number of ether oxygens (including phenoxy) is 1. The minimum atomic E-state index is -0.0237.